The number of aromatic nitrogens is 4. The largest absolute Gasteiger partial charge is 0.493 e. The molecular formula is C30H39N9O8SSi. The first-order valence-electron chi connectivity index (χ1n) is 15.1. The SMILES string of the molecule is CCn1c(O)c(/N=N/c2cccc(Nc3nc(NCCC[Si](CO)(OC)OC)nc(Nc4cccc(S(=O)(=O)O)c4)n3)c2)c(C)c(C)c1=O. The van der Waals surface area contributed by atoms with E-state index in [0.29, 0.717) is 47.2 Å². The third-order valence-corrected chi connectivity index (χ3v) is 11.6. The number of hydrogen-bond donors (Lipinski definition) is 6. The Morgan fingerprint density at radius 2 is 1.53 bits per heavy atom. The second kappa shape index (κ2) is 16.1. The summed E-state index contributed by atoms with van der Waals surface area (Å²) < 4.78 is 45.0. The van der Waals surface area contributed by atoms with Crippen LogP contribution in [-0.2, 0) is 25.5 Å². The number of aliphatic hydroxyl groups is 1. The van der Waals surface area contributed by atoms with E-state index in [0.717, 1.165) is 0 Å². The van der Waals surface area contributed by atoms with Gasteiger partial charge in [-0.25, -0.2) is 0 Å². The van der Waals surface area contributed by atoms with Crippen molar-refractivity contribution in [2.45, 2.75) is 44.7 Å². The van der Waals surface area contributed by atoms with Crippen molar-refractivity contribution in [2.24, 2.45) is 10.2 Å². The molecule has 0 aliphatic carbocycles. The molecule has 0 saturated heterocycles. The van der Waals surface area contributed by atoms with Crippen LogP contribution in [0.2, 0.25) is 6.04 Å². The highest BCUT2D eigenvalue weighted by Crippen LogP contribution is 2.32. The third kappa shape index (κ3) is 9.22. The van der Waals surface area contributed by atoms with E-state index >= 15 is 0 Å². The molecule has 4 aromatic rings. The minimum atomic E-state index is -4.45. The molecule has 262 valence electrons. The lowest BCUT2D eigenvalue weighted by molar-refractivity contribution is 0.196. The number of benzene rings is 2. The number of nitrogens with one attached hydrogen (secondary N) is 3. The number of aromatic hydroxyl groups is 1. The molecule has 0 unspecified atom stereocenters. The van der Waals surface area contributed by atoms with Crippen molar-refractivity contribution in [3.63, 3.8) is 0 Å². The first kappa shape index (κ1) is 37.0. The molecule has 2 heterocycles. The highest BCUT2D eigenvalue weighted by molar-refractivity contribution is 7.85. The number of anilines is 5. The van der Waals surface area contributed by atoms with Crippen molar-refractivity contribution in [3.05, 3.63) is 70.0 Å². The van der Waals surface area contributed by atoms with Crippen molar-refractivity contribution in [2.75, 3.05) is 42.9 Å². The number of rotatable bonds is 16. The van der Waals surface area contributed by atoms with E-state index in [4.69, 9.17) is 8.85 Å². The summed E-state index contributed by atoms with van der Waals surface area (Å²) in [7, 11) is -4.16. The fourth-order valence-corrected chi connectivity index (χ4v) is 6.94. The zero-order chi connectivity index (χ0) is 35.8. The Balaban J connectivity index is 1.61. The zero-order valence-electron chi connectivity index (χ0n) is 27.6. The molecular weight excluding hydrogens is 675 g/mol. The molecule has 4 rings (SSSR count). The van der Waals surface area contributed by atoms with Crippen molar-refractivity contribution in [1.82, 2.24) is 19.5 Å². The van der Waals surface area contributed by atoms with Crippen LogP contribution >= 0.6 is 0 Å². The molecule has 0 saturated carbocycles. The van der Waals surface area contributed by atoms with Gasteiger partial charge in [0.2, 0.25) is 23.7 Å². The predicted molar refractivity (Wildman–Crippen MR) is 186 cm³/mol. The number of pyridine rings is 1. The van der Waals surface area contributed by atoms with Gasteiger partial charge in [0, 0.05) is 44.2 Å². The quantitative estimate of drug-likeness (QED) is 0.0403. The molecule has 17 nitrogen and oxygen atoms in total. The molecule has 0 aliphatic rings. The minimum absolute atomic E-state index is 0.0589. The van der Waals surface area contributed by atoms with Gasteiger partial charge in [0.25, 0.3) is 15.7 Å². The Morgan fingerprint density at radius 1 is 0.918 bits per heavy atom. The summed E-state index contributed by atoms with van der Waals surface area (Å²) >= 11 is 0. The van der Waals surface area contributed by atoms with Crippen LogP contribution in [0.15, 0.2) is 68.4 Å². The van der Waals surface area contributed by atoms with Gasteiger partial charge in [0.05, 0.1) is 16.8 Å². The van der Waals surface area contributed by atoms with Crippen molar-refractivity contribution in [3.8, 4) is 5.88 Å². The van der Waals surface area contributed by atoms with E-state index in [2.05, 4.69) is 41.1 Å². The minimum Gasteiger partial charge on any atom is -0.493 e. The van der Waals surface area contributed by atoms with Gasteiger partial charge in [0.15, 0.2) is 0 Å². The number of nitrogens with zero attached hydrogens (tertiary/aromatic N) is 6. The number of aliphatic hydroxyl groups excluding tert-OH is 1. The predicted octanol–water partition coefficient (Wildman–Crippen LogP) is 4.59. The summed E-state index contributed by atoms with van der Waals surface area (Å²) in [4.78, 5) is 25.5. The van der Waals surface area contributed by atoms with Gasteiger partial charge >= 0.3 is 8.56 Å². The maximum Gasteiger partial charge on any atom is 0.364 e. The van der Waals surface area contributed by atoms with E-state index < -0.39 is 18.7 Å². The summed E-state index contributed by atoms with van der Waals surface area (Å²) in [6.07, 6.45) is 0.375. The molecule has 19 heteroatoms. The van der Waals surface area contributed by atoms with Crippen LogP contribution in [0, 0.1) is 13.8 Å². The van der Waals surface area contributed by atoms with Crippen LogP contribution in [0.25, 0.3) is 0 Å². The summed E-state index contributed by atoms with van der Waals surface area (Å²) in [6.45, 7) is 5.78. The summed E-state index contributed by atoms with van der Waals surface area (Å²) in [5, 5.41) is 38.1. The van der Waals surface area contributed by atoms with E-state index in [1.165, 1.54) is 37.0 Å². The van der Waals surface area contributed by atoms with Crippen molar-refractivity contribution >= 4 is 59.3 Å². The van der Waals surface area contributed by atoms with Crippen LogP contribution in [0.1, 0.15) is 24.5 Å². The summed E-state index contributed by atoms with van der Waals surface area (Å²) in [5.74, 6) is 0.0886. The van der Waals surface area contributed by atoms with Gasteiger partial charge in [-0.05, 0) is 75.2 Å². The monoisotopic (exact) mass is 713 g/mol. The van der Waals surface area contributed by atoms with E-state index in [9.17, 15) is 28.0 Å². The van der Waals surface area contributed by atoms with E-state index in [1.807, 2.05) is 0 Å². The summed E-state index contributed by atoms with van der Waals surface area (Å²) in [6, 6.07) is 12.9. The Kier molecular flexibility index (Phi) is 12.1. The Morgan fingerprint density at radius 3 is 2.12 bits per heavy atom. The Labute approximate surface area is 284 Å². The molecule has 6 N–H and O–H groups in total. The Bertz CT molecular complexity index is 1980. The smallest absolute Gasteiger partial charge is 0.364 e. The van der Waals surface area contributed by atoms with E-state index in [-0.39, 0.29) is 52.6 Å². The Hall–Kier alpha value is -4.79. The second-order valence-electron chi connectivity index (χ2n) is 10.8. The molecule has 0 amide bonds. The lowest BCUT2D eigenvalue weighted by Gasteiger charge is -2.24. The maximum absolute atomic E-state index is 12.5. The van der Waals surface area contributed by atoms with Gasteiger partial charge in [0.1, 0.15) is 5.69 Å². The van der Waals surface area contributed by atoms with E-state index in [1.54, 1.807) is 51.1 Å². The van der Waals surface area contributed by atoms with Crippen LogP contribution in [0.4, 0.5) is 40.6 Å². The first-order valence-corrected chi connectivity index (χ1v) is 18.8. The molecule has 0 bridgehead atoms. The standard InChI is InChI=1S/C30H39N9O8SSi/c1-6-39-26(41)20(3)19(2)25(27(39)42)38-37-23-12-7-10-21(16-23)32-29-34-28(31-14-9-15-49(18-40,46-4)47-5)35-30(36-29)33-22-11-8-13-24(17-22)48(43,44)45/h7-8,10-13,16-17,40,42H,6,9,14-15,18H2,1-5H3,(H,43,44,45)(H3,31,32,33,34,35,36)/b38-37+. The molecule has 0 fully saturated rings. The molecule has 2 aromatic heterocycles. The summed E-state index contributed by atoms with van der Waals surface area (Å²) in [5.41, 5.74) is 2.13. The molecule has 0 spiro atoms. The van der Waals surface area contributed by atoms with Crippen LogP contribution in [-0.4, -0.2) is 78.3 Å². The topological polar surface area (TPSA) is 235 Å². The lowest BCUT2D eigenvalue weighted by Crippen LogP contribution is -2.44. The fourth-order valence-electron chi connectivity index (χ4n) is 4.71. The lowest BCUT2D eigenvalue weighted by atomic mass is 10.1. The molecule has 0 aliphatic heterocycles. The van der Waals surface area contributed by atoms with Crippen LogP contribution in [0.3, 0.4) is 0 Å². The molecule has 0 radical (unpaired) electrons. The zero-order valence-corrected chi connectivity index (χ0v) is 29.4. The molecule has 49 heavy (non-hydrogen) atoms. The molecule has 0 atom stereocenters. The highest BCUT2D eigenvalue weighted by atomic mass is 32.2. The first-order chi connectivity index (χ1) is 23.3. The highest BCUT2D eigenvalue weighted by Gasteiger charge is 2.34. The van der Waals surface area contributed by atoms with Gasteiger partial charge in [-0.2, -0.15) is 28.5 Å². The van der Waals surface area contributed by atoms with Crippen LogP contribution < -0.4 is 21.5 Å². The normalized spacial score (nSPS) is 12.0. The number of hydrogen-bond acceptors (Lipinski definition) is 15. The van der Waals surface area contributed by atoms with Gasteiger partial charge in [-0.1, -0.05) is 12.1 Å². The van der Waals surface area contributed by atoms with Gasteiger partial charge < -0.3 is 35.0 Å². The average Bonchev–Trinajstić information content (AvgIpc) is 3.08. The average molecular weight is 714 g/mol. The van der Waals surface area contributed by atoms with Crippen molar-refractivity contribution < 1.29 is 32.0 Å². The van der Waals surface area contributed by atoms with Crippen LogP contribution in [0.5, 0.6) is 5.88 Å². The van der Waals surface area contributed by atoms with Gasteiger partial charge in [-0.15, -0.1) is 5.11 Å². The maximum atomic E-state index is 12.5. The van der Waals surface area contributed by atoms with Crippen molar-refractivity contribution in [1.29, 1.82) is 0 Å². The molecule has 2 aromatic carbocycles. The second-order valence-corrected chi connectivity index (χ2v) is 15.7. The number of azo groups is 1. The fraction of sp³-hybridized carbons (Fsp3) is 0.333. The third-order valence-electron chi connectivity index (χ3n) is 7.66. The van der Waals surface area contributed by atoms with Gasteiger partial charge in [-0.3, -0.25) is 13.9 Å².